The molecule has 0 aromatic carbocycles. The van der Waals surface area contributed by atoms with Crippen LogP contribution in [0.25, 0.3) is 0 Å². The molecule has 0 radical (unpaired) electrons. The van der Waals surface area contributed by atoms with Crippen LogP contribution in [0.3, 0.4) is 0 Å². The maximum absolute atomic E-state index is 11.0. The molecule has 1 aliphatic rings. The minimum Gasteiger partial charge on any atom is -0.370 e. The monoisotopic (exact) mass is 169 g/mol. The predicted octanol–water partition coefficient (Wildman–Crippen LogP) is -0.0972. The van der Waals surface area contributed by atoms with Crippen LogP contribution >= 0.6 is 0 Å². The first kappa shape index (κ1) is 9.03. The van der Waals surface area contributed by atoms with Gasteiger partial charge in [0, 0.05) is 13.0 Å². The molecular formula is C8H15N3O. The number of amidine groups is 1. The van der Waals surface area contributed by atoms with Gasteiger partial charge in [-0.15, -0.1) is 0 Å². The summed E-state index contributed by atoms with van der Waals surface area (Å²) in [5.41, 5.74) is 0. The van der Waals surface area contributed by atoms with Gasteiger partial charge in [-0.25, -0.2) is 0 Å². The molecule has 0 spiro atoms. The van der Waals surface area contributed by atoms with Gasteiger partial charge < -0.3 is 10.6 Å². The van der Waals surface area contributed by atoms with Crippen molar-refractivity contribution < 1.29 is 4.79 Å². The topological polar surface area (TPSA) is 53.5 Å². The van der Waals surface area contributed by atoms with Crippen LogP contribution in [0.1, 0.15) is 20.3 Å². The molecule has 1 unspecified atom stereocenters. The molecule has 1 atom stereocenters. The third-order valence-electron chi connectivity index (χ3n) is 1.81. The molecule has 0 saturated carbocycles. The van der Waals surface area contributed by atoms with Gasteiger partial charge in [-0.05, 0) is 6.92 Å². The summed E-state index contributed by atoms with van der Waals surface area (Å²) in [5.74, 6) is 0.968. The average Bonchev–Trinajstić information content (AvgIpc) is 2.56. The van der Waals surface area contributed by atoms with Crippen molar-refractivity contribution in [3.63, 3.8) is 0 Å². The van der Waals surface area contributed by atoms with Gasteiger partial charge in [0.05, 0.1) is 12.6 Å². The maximum atomic E-state index is 11.0. The zero-order valence-electron chi connectivity index (χ0n) is 7.55. The molecule has 1 aliphatic heterocycles. The number of nitrogens with one attached hydrogen (secondary N) is 2. The number of carbonyl (C=O) groups excluding carboxylic acids is 1. The Bertz CT molecular complexity index is 200. The summed E-state index contributed by atoms with van der Waals surface area (Å²) in [5, 5.41) is 5.96. The van der Waals surface area contributed by atoms with E-state index >= 15 is 0 Å². The van der Waals surface area contributed by atoms with Crippen LogP contribution < -0.4 is 10.6 Å². The van der Waals surface area contributed by atoms with Crippen LogP contribution in [-0.2, 0) is 4.79 Å². The Hall–Kier alpha value is -1.06. The van der Waals surface area contributed by atoms with E-state index in [1.165, 1.54) is 0 Å². The van der Waals surface area contributed by atoms with Crippen molar-refractivity contribution in [2.75, 3.05) is 13.1 Å². The average molecular weight is 169 g/mol. The fourth-order valence-electron chi connectivity index (χ4n) is 1.12. The van der Waals surface area contributed by atoms with E-state index in [0.29, 0.717) is 6.42 Å². The van der Waals surface area contributed by atoms with Crippen molar-refractivity contribution in [1.29, 1.82) is 0 Å². The van der Waals surface area contributed by atoms with Crippen LogP contribution in [0.2, 0.25) is 0 Å². The van der Waals surface area contributed by atoms with E-state index in [2.05, 4.69) is 15.6 Å². The standard InChI is InChI=1S/C8H15N3O/c1-3-7(12)11-6(2)8-9-4-5-10-8/h6H,3-5H2,1-2H3,(H,9,10)(H,11,12). The van der Waals surface area contributed by atoms with Crippen LogP contribution in [0.15, 0.2) is 4.99 Å². The zero-order valence-corrected chi connectivity index (χ0v) is 7.55. The number of amides is 1. The molecule has 4 heteroatoms. The normalized spacial score (nSPS) is 18.0. The second-order valence-electron chi connectivity index (χ2n) is 2.84. The van der Waals surface area contributed by atoms with E-state index in [4.69, 9.17) is 0 Å². The number of hydrogen-bond donors (Lipinski definition) is 2. The Morgan fingerprint density at radius 3 is 3.08 bits per heavy atom. The van der Waals surface area contributed by atoms with Crippen molar-refractivity contribution in [3.05, 3.63) is 0 Å². The quantitative estimate of drug-likeness (QED) is 0.620. The summed E-state index contributed by atoms with van der Waals surface area (Å²) < 4.78 is 0. The van der Waals surface area contributed by atoms with Crippen LogP contribution in [0.4, 0.5) is 0 Å². The van der Waals surface area contributed by atoms with Crippen LogP contribution in [0, 0.1) is 0 Å². The summed E-state index contributed by atoms with van der Waals surface area (Å²) in [6, 6.07) is 0.0277. The molecule has 0 fully saturated rings. The van der Waals surface area contributed by atoms with E-state index in [1.807, 2.05) is 13.8 Å². The molecule has 4 nitrogen and oxygen atoms in total. The Morgan fingerprint density at radius 2 is 2.58 bits per heavy atom. The highest BCUT2D eigenvalue weighted by Gasteiger charge is 2.14. The second kappa shape index (κ2) is 4.09. The van der Waals surface area contributed by atoms with Crippen LogP contribution in [0.5, 0.6) is 0 Å². The van der Waals surface area contributed by atoms with Gasteiger partial charge in [0.15, 0.2) is 0 Å². The number of hydrogen-bond acceptors (Lipinski definition) is 3. The maximum Gasteiger partial charge on any atom is 0.220 e. The predicted molar refractivity (Wildman–Crippen MR) is 48.2 cm³/mol. The minimum atomic E-state index is 0.0277. The third-order valence-corrected chi connectivity index (χ3v) is 1.81. The van der Waals surface area contributed by atoms with E-state index in [9.17, 15) is 4.79 Å². The Morgan fingerprint density at radius 1 is 1.83 bits per heavy atom. The van der Waals surface area contributed by atoms with Gasteiger partial charge in [-0.3, -0.25) is 9.79 Å². The number of rotatable bonds is 3. The molecular weight excluding hydrogens is 154 g/mol. The first-order valence-corrected chi connectivity index (χ1v) is 4.31. The fourth-order valence-corrected chi connectivity index (χ4v) is 1.12. The lowest BCUT2D eigenvalue weighted by Crippen LogP contribution is -2.42. The molecule has 0 aromatic rings. The molecule has 68 valence electrons. The minimum absolute atomic E-state index is 0.0277. The van der Waals surface area contributed by atoms with E-state index < -0.39 is 0 Å². The molecule has 2 N–H and O–H groups in total. The van der Waals surface area contributed by atoms with Gasteiger partial charge in [0.25, 0.3) is 0 Å². The zero-order chi connectivity index (χ0) is 8.97. The molecule has 1 rings (SSSR count). The summed E-state index contributed by atoms with van der Waals surface area (Å²) in [4.78, 5) is 15.2. The second-order valence-corrected chi connectivity index (χ2v) is 2.84. The Balaban J connectivity index is 2.37. The van der Waals surface area contributed by atoms with E-state index in [-0.39, 0.29) is 11.9 Å². The first-order chi connectivity index (χ1) is 5.74. The van der Waals surface area contributed by atoms with Crippen LogP contribution in [-0.4, -0.2) is 30.9 Å². The van der Waals surface area contributed by atoms with Crippen molar-refractivity contribution in [3.8, 4) is 0 Å². The van der Waals surface area contributed by atoms with Crippen molar-refractivity contribution in [2.24, 2.45) is 4.99 Å². The lowest BCUT2D eigenvalue weighted by atomic mass is 10.3. The lowest BCUT2D eigenvalue weighted by molar-refractivity contribution is -0.121. The van der Waals surface area contributed by atoms with E-state index in [1.54, 1.807) is 0 Å². The van der Waals surface area contributed by atoms with Gasteiger partial charge in [-0.1, -0.05) is 6.92 Å². The largest absolute Gasteiger partial charge is 0.370 e. The highest BCUT2D eigenvalue weighted by Crippen LogP contribution is 1.92. The van der Waals surface area contributed by atoms with E-state index in [0.717, 1.165) is 18.9 Å². The van der Waals surface area contributed by atoms with Crippen molar-refractivity contribution >= 4 is 11.7 Å². The fraction of sp³-hybridized carbons (Fsp3) is 0.750. The Kier molecular flexibility index (Phi) is 3.08. The summed E-state index contributed by atoms with van der Waals surface area (Å²) in [6.45, 7) is 5.49. The molecule has 0 saturated heterocycles. The van der Waals surface area contributed by atoms with Crippen molar-refractivity contribution in [1.82, 2.24) is 10.6 Å². The van der Waals surface area contributed by atoms with Gasteiger partial charge in [-0.2, -0.15) is 0 Å². The van der Waals surface area contributed by atoms with Gasteiger partial charge in [0.1, 0.15) is 5.84 Å². The van der Waals surface area contributed by atoms with Gasteiger partial charge in [0.2, 0.25) is 5.91 Å². The molecule has 0 bridgehead atoms. The number of carbonyl (C=O) groups is 1. The smallest absolute Gasteiger partial charge is 0.220 e. The number of aliphatic imine (C=N–C) groups is 1. The highest BCUT2D eigenvalue weighted by atomic mass is 16.1. The first-order valence-electron chi connectivity index (χ1n) is 4.31. The number of nitrogens with zero attached hydrogens (tertiary/aromatic N) is 1. The molecule has 1 heterocycles. The highest BCUT2D eigenvalue weighted by molar-refractivity contribution is 5.91. The summed E-state index contributed by atoms with van der Waals surface area (Å²) >= 11 is 0. The molecule has 0 aliphatic carbocycles. The summed E-state index contributed by atoms with van der Waals surface area (Å²) in [6.07, 6.45) is 0.525. The van der Waals surface area contributed by atoms with Crippen molar-refractivity contribution in [2.45, 2.75) is 26.3 Å². The summed E-state index contributed by atoms with van der Waals surface area (Å²) in [7, 11) is 0. The molecule has 0 aromatic heterocycles. The lowest BCUT2D eigenvalue weighted by Gasteiger charge is -2.13. The van der Waals surface area contributed by atoms with Gasteiger partial charge >= 0.3 is 0 Å². The molecule has 1 amide bonds. The Labute approximate surface area is 72.4 Å². The SMILES string of the molecule is CCC(=O)NC(C)C1=NCCN1. The molecule has 12 heavy (non-hydrogen) atoms. The third kappa shape index (κ3) is 2.22.